The van der Waals surface area contributed by atoms with E-state index in [2.05, 4.69) is 9.83 Å². The van der Waals surface area contributed by atoms with Crippen molar-refractivity contribution in [2.24, 2.45) is 0 Å². The molecule has 0 fully saturated rings. The number of hydrogen-bond donors (Lipinski definition) is 0. The Morgan fingerprint density at radius 2 is 1.87 bits per heavy atom. The van der Waals surface area contributed by atoms with Crippen LogP contribution in [0.3, 0.4) is 0 Å². The number of carbonyl (C=O) groups is 1. The summed E-state index contributed by atoms with van der Waals surface area (Å²) >= 11 is 0. The SMILES string of the molecule is [C-]#[N+]c1cccc2c1ccc1c3c(cnc12)N(C)C(=O)C3(C)C. The summed E-state index contributed by atoms with van der Waals surface area (Å²) in [5.74, 6) is 0.0804. The molecule has 4 nitrogen and oxygen atoms in total. The number of anilines is 1. The third-order valence-electron chi connectivity index (χ3n) is 4.80. The third kappa shape index (κ3) is 1.59. The van der Waals surface area contributed by atoms with Gasteiger partial charge in [-0.1, -0.05) is 30.3 Å². The number of benzene rings is 2. The van der Waals surface area contributed by atoms with E-state index in [9.17, 15) is 4.79 Å². The van der Waals surface area contributed by atoms with Crippen LogP contribution in [0.5, 0.6) is 0 Å². The summed E-state index contributed by atoms with van der Waals surface area (Å²) in [6, 6.07) is 9.64. The van der Waals surface area contributed by atoms with Crippen LogP contribution in [-0.2, 0) is 10.2 Å². The van der Waals surface area contributed by atoms with E-state index in [1.165, 1.54) is 0 Å². The first kappa shape index (κ1) is 13.7. The Hall–Kier alpha value is -2.93. The number of nitrogens with zero attached hydrogens (tertiary/aromatic N) is 3. The molecule has 0 saturated carbocycles. The smallest absolute Gasteiger partial charge is 0.236 e. The Bertz CT molecular complexity index is 1040. The molecule has 4 rings (SSSR count). The lowest BCUT2D eigenvalue weighted by atomic mass is 9.83. The predicted octanol–water partition coefficient (Wildman–Crippen LogP) is 4.19. The largest absolute Gasteiger partial charge is 0.313 e. The summed E-state index contributed by atoms with van der Waals surface area (Å²) in [5.41, 5.74) is 2.79. The quantitative estimate of drug-likeness (QED) is 0.461. The van der Waals surface area contributed by atoms with Gasteiger partial charge in [0.2, 0.25) is 5.91 Å². The highest BCUT2D eigenvalue weighted by molar-refractivity contribution is 6.16. The molecule has 2 aromatic carbocycles. The van der Waals surface area contributed by atoms with E-state index in [1.807, 2.05) is 44.2 Å². The molecule has 1 aliphatic rings. The Labute approximate surface area is 134 Å². The molecule has 1 amide bonds. The summed E-state index contributed by atoms with van der Waals surface area (Å²) in [4.78, 5) is 22.4. The normalized spacial score (nSPS) is 15.9. The number of aromatic nitrogens is 1. The van der Waals surface area contributed by atoms with Crippen LogP contribution >= 0.6 is 0 Å². The molecule has 112 valence electrons. The molecular formula is C19H15N3O. The first-order chi connectivity index (χ1) is 11.0. The van der Waals surface area contributed by atoms with Crippen molar-refractivity contribution in [2.75, 3.05) is 11.9 Å². The molecule has 0 atom stereocenters. The molecule has 3 aromatic rings. The van der Waals surface area contributed by atoms with Crippen molar-refractivity contribution < 1.29 is 4.79 Å². The number of hydrogen-bond acceptors (Lipinski definition) is 2. The molecule has 0 bridgehead atoms. The number of fused-ring (bicyclic) bond motifs is 5. The lowest BCUT2D eigenvalue weighted by Gasteiger charge is -2.18. The van der Waals surface area contributed by atoms with Crippen molar-refractivity contribution >= 4 is 39.0 Å². The highest BCUT2D eigenvalue weighted by Gasteiger charge is 2.43. The van der Waals surface area contributed by atoms with Gasteiger partial charge in [-0.2, -0.15) is 0 Å². The van der Waals surface area contributed by atoms with Crippen molar-refractivity contribution in [3.05, 3.63) is 53.5 Å². The van der Waals surface area contributed by atoms with Gasteiger partial charge < -0.3 is 4.90 Å². The van der Waals surface area contributed by atoms with Crippen LogP contribution in [-0.4, -0.2) is 17.9 Å². The maximum Gasteiger partial charge on any atom is 0.236 e. The zero-order chi connectivity index (χ0) is 16.4. The lowest BCUT2D eigenvalue weighted by molar-refractivity contribution is -0.121. The topological polar surface area (TPSA) is 37.6 Å². The molecule has 2 heterocycles. The highest BCUT2D eigenvalue weighted by Crippen LogP contribution is 2.45. The van der Waals surface area contributed by atoms with Gasteiger partial charge in [0.25, 0.3) is 0 Å². The lowest BCUT2D eigenvalue weighted by Crippen LogP contribution is -2.33. The van der Waals surface area contributed by atoms with E-state index < -0.39 is 5.41 Å². The van der Waals surface area contributed by atoms with Crippen molar-refractivity contribution in [1.82, 2.24) is 4.98 Å². The van der Waals surface area contributed by atoms with Crippen molar-refractivity contribution in [1.29, 1.82) is 0 Å². The van der Waals surface area contributed by atoms with E-state index in [4.69, 9.17) is 6.57 Å². The van der Waals surface area contributed by atoms with Crippen LogP contribution in [0.1, 0.15) is 19.4 Å². The van der Waals surface area contributed by atoms with Crippen LogP contribution in [0.4, 0.5) is 11.4 Å². The van der Waals surface area contributed by atoms with Crippen LogP contribution in [0.25, 0.3) is 26.5 Å². The maximum absolute atomic E-state index is 12.5. The Morgan fingerprint density at radius 3 is 2.61 bits per heavy atom. The first-order valence-corrected chi connectivity index (χ1v) is 7.47. The van der Waals surface area contributed by atoms with E-state index in [1.54, 1.807) is 18.1 Å². The molecular weight excluding hydrogens is 286 g/mol. The average Bonchev–Trinajstić information content (AvgIpc) is 2.74. The molecule has 0 saturated heterocycles. The minimum atomic E-state index is -0.573. The van der Waals surface area contributed by atoms with Crippen LogP contribution in [0.2, 0.25) is 0 Å². The summed E-state index contributed by atoms with van der Waals surface area (Å²) in [7, 11) is 1.79. The number of amides is 1. The Kier molecular flexibility index (Phi) is 2.56. The number of rotatable bonds is 0. The van der Waals surface area contributed by atoms with E-state index in [0.717, 1.165) is 32.9 Å². The van der Waals surface area contributed by atoms with Crippen LogP contribution in [0, 0.1) is 6.57 Å². The second-order valence-electron chi connectivity index (χ2n) is 6.45. The van der Waals surface area contributed by atoms with Gasteiger partial charge in [-0.05, 0) is 24.6 Å². The molecule has 0 aliphatic carbocycles. The van der Waals surface area contributed by atoms with Crippen LogP contribution in [0.15, 0.2) is 36.5 Å². The molecule has 1 aromatic heterocycles. The molecule has 0 spiro atoms. The predicted molar refractivity (Wildman–Crippen MR) is 91.9 cm³/mol. The summed E-state index contributed by atoms with van der Waals surface area (Å²) in [5, 5.41) is 2.84. The fourth-order valence-electron chi connectivity index (χ4n) is 3.64. The number of likely N-dealkylation sites (N-methyl/N-ethyl adjacent to an activating group) is 1. The standard InChI is InChI=1S/C19H15N3O/c1-19(2)16-13-9-8-11-12(6-5-7-14(11)20-3)17(13)21-10-15(16)22(4)18(19)23/h5-10H,1-2,4H3. The second-order valence-corrected chi connectivity index (χ2v) is 6.45. The summed E-state index contributed by atoms with van der Waals surface area (Å²) in [6.45, 7) is 11.2. The van der Waals surface area contributed by atoms with E-state index in [-0.39, 0.29) is 5.91 Å². The van der Waals surface area contributed by atoms with Gasteiger partial charge in [0, 0.05) is 18.0 Å². The minimum Gasteiger partial charge on any atom is -0.313 e. The third-order valence-corrected chi connectivity index (χ3v) is 4.80. The zero-order valence-electron chi connectivity index (χ0n) is 13.2. The van der Waals surface area contributed by atoms with Crippen molar-refractivity contribution in [3.63, 3.8) is 0 Å². The fourth-order valence-corrected chi connectivity index (χ4v) is 3.64. The second kappa shape index (κ2) is 4.30. The number of pyridine rings is 1. The van der Waals surface area contributed by atoms with Crippen molar-refractivity contribution in [2.45, 2.75) is 19.3 Å². The maximum atomic E-state index is 12.5. The fraction of sp³-hybridized carbons (Fsp3) is 0.211. The Morgan fingerprint density at radius 1 is 1.13 bits per heavy atom. The van der Waals surface area contributed by atoms with Gasteiger partial charge in [-0.15, -0.1) is 0 Å². The molecule has 0 N–H and O–H groups in total. The van der Waals surface area contributed by atoms with Gasteiger partial charge in [-0.3, -0.25) is 9.78 Å². The van der Waals surface area contributed by atoms with Gasteiger partial charge in [0.05, 0.1) is 29.4 Å². The van der Waals surface area contributed by atoms with Gasteiger partial charge in [-0.25, -0.2) is 4.85 Å². The van der Waals surface area contributed by atoms with E-state index >= 15 is 0 Å². The molecule has 0 unspecified atom stereocenters. The minimum absolute atomic E-state index is 0.0804. The molecule has 1 aliphatic heterocycles. The summed E-state index contributed by atoms with van der Waals surface area (Å²) in [6.07, 6.45) is 1.77. The van der Waals surface area contributed by atoms with Crippen LogP contribution < -0.4 is 4.90 Å². The number of carbonyl (C=O) groups excluding carboxylic acids is 1. The van der Waals surface area contributed by atoms with Gasteiger partial charge in [0.15, 0.2) is 5.69 Å². The Balaban J connectivity index is 2.19. The first-order valence-electron chi connectivity index (χ1n) is 7.47. The highest BCUT2D eigenvalue weighted by atomic mass is 16.2. The summed E-state index contributed by atoms with van der Waals surface area (Å²) < 4.78 is 0. The monoisotopic (exact) mass is 301 g/mol. The molecule has 0 radical (unpaired) electrons. The molecule has 23 heavy (non-hydrogen) atoms. The van der Waals surface area contributed by atoms with E-state index in [0.29, 0.717) is 5.69 Å². The van der Waals surface area contributed by atoms with Gasteiger partial charge >= 0.3 is 0 Å². The van der Waals surface area contributed by atoms with Gasteiger partial charge in [0.1, 0.15) is 0 Å². The molecule has 4 heteroatoms. The van der Waals surface area contributed by atoms with Crippen molar-refractivity contribution in [3.8, 4) is 0 Å². The average molecular weight is 301 g/mol. The zero-order valence-corrected chi connectivity index (χ0v) is 13.2.